The Balaban J connectivity index is 1.48. The molecular weight excluding hydrogens is 755 g/mol. The topological polar surface area (TPSA) is 94.2 Å². The first kappa shape index (κ1) is 41.7. The molecule has 0 spiro atoms. The molecule has 1 N–H and O–H groups in total. The molecule has 1 heterocycles. The van der Waals surface area contributed by atoms with Gasteiger partial charge >= 0.3 is 12.1 Å². The van der Waals surface area contributed by atoms with Gasteiger partial charge in [0.05, 0.1) is 23.6 Å². The number of rotatable bonds is 14. The van der Waals surface area contributed by atoms with Crippen LogP contribution in [-0.4, -0.2) is 44.6 Å². The number of halogens is 2. The second-order valence-corrected chi connectivity index (χ2v) is 18.0. The summed E-state index contributed by atoms with van der Waals surface area (Å²) in [5.41, 5.74) is 3.39. The van der Waals surface area contributed by atoms with Crippen molar-refractivity contribution in [2.75, 3.05) is 11.9 Å². The fraction of sp³-hybridized carbons (Fsp3) is 0.255. The number of cyclic esters (lactones) is 1. The predicted octanol–water partition coefficient (Wildman–Crippen LogP) is 10.6. The smallest absolute Gasteiger partial charge is 0.417 e. The zero-order valence-electron chi connectivity index (χ0n) is 33.2. The molecular formula is C47H48F2N2O6Si. The Morgan fingerprint density at radius 2 is 1.41 bits per heavy atom. The van der Waals surface area contributed by atoms with Gasteiger partial charge in [0.15, 0.2) is 9.04 Å². The van der Waals surface area contributed by atoms with Gasteiger partial charge in [-0.3, -0.25) is 4.79 Å². The quantitative estimate of drug-likeness (QED) is 0.0679. The van der Waals surface area contributed by atoms with Crippen LogP contribution in [0.4, 0.5) is 19.3 Å². The van der Waals surface area contributed by atoms with Gasteiger partial charge in [0, 0.05) is 5.69 Å². The summed E-state index contributed by atoms with van der Waals surface area (Å²) in [6, 6.07) is 35.1. The molecule has 2 amide bonds. The van der Waals surface area contributed by atoms with E-state index in [1.54, 1.807) is 72.8 Å². The van der Waals surface area contributed by atoms with Gasteiger partial charge in [-0.05, 0) is 108 Å². The molecule has 11 heteroatoms. The van der Waals surface area contributed by atoms with Crippen molar-refractivity contribution in [3.8, 4) is 5.75 Å². The maximum atomic E-state index is 15.3. The molecule has 5 aromatic carbocycles. The number of ether oxygens (including phenoxy) is 2. The van der Waals surface area contributed by atoms with Gasteiger partial charge in [-0.25, -0.2) is 23.3 Å². The third-order valence-corrected chi connectivity index (χ3v) is 10.7. The zero-order chi connectivity index (χ0) is 41.4. The van der Waals surface area contributed by atoms with E-state index in [4.69, 9.17) is 13.9 Å². The van der Waals surface area contributed by atoms with Crippen molar-refractivity contribution in [1.82, 2.24) is 4.90 Å². The maximum Gasteiger partial charge on any atom is 0.417 e. The van der Waals surface area contributed by atoms with Gasteiger partial charge < -0.3 is 19.2 Å². The van der Waals surface area contributed by atoms with Crippen LogP contribution in [0.5, 0.6) is 5.75 Å². The van der Waals surface area contributed by atoms with Crippen molar-refractivity contribution < 1.29 is 37.1 Å². The summed E-state index contributed by atoms with van der Waals surface area (Å²) in [5.74, 6) is -2.54. The first-order valence-electron chi connectivity index (χ1n) is 19.3. The number of nitrogens with zero attached hydrogens (tertiary/aromatic N) is 1. The highest BCUT2D eigenvalue weighted by atomic mass is 28.3. The van der Waals surface area contributed by atoms with E-state index >= 15 is 4.79 Å². The SMILES string of the molecule is C[SiH](C)OC(C(=CC[C@@H](C(=O)N1C(=O)OC[C@@H]1c1ccccc1)[C@H](Nc1ccc(F)cc1)c1ccc(OC(=O)c2ccccc2)cc1)c1ccc(F)cc1)C(C)(C)C. The van der Waals surface area contributed by atoms with Crippen LogP contribution in [0.1, 0.15) is 66.3 Å². The average Bonchev–Trinajstić information content (AvgIpc) is 3.61. The van der Waals surface area contributed by atoms with Gasteiger partial charge in [-0.1, -0.05) is 99.6 Å². The van der Waals surface area contributed by atoms with E-state index in [2.05, 4.69) is 39.2 Å². The van der Waals surface area contributed by atoms with E-state index in [1.807, 2.05) is 42.5 Å². The van der Waals surface area contributed by atoms with Crippen LogP contribution in [0.3, 0.4) is 0 Å². The summed E-state index contributed by atoms with van der Waals surface area (Å²) in [6.07, 6.45) is 0.862. The Hall–Kier alpha value is -5.91. The zero-order valence-corrected chi connectivity index (χ0v) is 34.4. The largest absolute Gasteiger partial charge is 0.446 e. The molecule has 8 nitrogen and oxygen atoms in total. The fourth-order valence-electron chi connectivity index (χ4n) is 7.06. The minimum atomic E-state index is -1.64. The Kier molecular flexibility index (Phi) is 13.4. The lowest BCUT2D eigenvalue weighted by Gasteiger charge is -2.36. The van der Waals surface area contributed by atoms with Crippen LogP contribution in [0.15, 0.2) is 140 Å². The number of amides is 2. The van der Waals surface area contributed by atoms with Crippen molar-refractivity contribution in [2.24, 2.45) is 11.3 Å². The molecule has 1 aliphatic heterocycles. The number of hydrogen-bond donors (Lipinski definition) is 1. The maximum absolute atomic E-state index is 15.3. The Bertz CT molecular complexity index is 2190. The first-order chi connectivity index (χ1) is 27.8. The lowest BCUT2D eigenvalue weighted by Crippen LogP contribution is -2.42. The first-order valence-corrected chi connectivity index (χ1v) is 22.1. The summed E-state index contributed by atoms with van der Waals surface area (Å²) >= 11 is 0. The van der Waals surface area contributed by atoms with Crippen LogP contribution in [-0.2, 0) is 14.0 Å². The molecule has 58 heavy (non-hydrogen) atoms. The van der Waals surface area contributed by atoms with Crippen LogP contribution in [0.2, 0.25) is 13.1 Å². The standard InChI is InChI=1S/C47H48F2N2O6Si/c1-47(2,3)43(57-58(4)5)39(31-16-20-35(48)21-17-31)28-29-40(44(52)51-41(30-55-46(51)54)32-12-8-6-9-13-32)42(50-37-24-22-36(49)23-25-37)33-18-26-38(27-19-33)56-45(53)34-14-10-7-11-15-34/h6-28,40-43,50,58H,29-30H2,1-5H3/t40-,41-,42-,43?/m1/s1. The van der Waals surface area contributed by atoms with Crippen molar-refractivity contribution in [3.05, 3.63) is 173 Å². The summed E-state index contributed by atoms with van der Waals surface area (Å²) in [4.78, 5) is 42.9. The average molecular weight is 803 g/mol. The number of hydrogen-bond acceptors (Lipinski definition) is 7. The monoisotopic (exact) mass is 802 g/mol. The van der Waals surface area contributed by atoms with E-state index in [9.17, 15) is 18.4 Å². The minimum Gasteiger partial charge on any atom is -0.446 e. The van der Waals surface area contributed by atoms with Gasteiger partial charge in [0.1, 0.15) is 30.0 Å². The molecule has 0 saturated carbocycles. The van der Waals surface area contributed by atoms with E-state index in [0.29, 0.717) is 16.8 Å². The van der Waals surface area contributed by atoms with E-state index in [0.717, 1.165) is 16.7 Å². The van der Waals surface area contributed by atoms with Gasteiger partial charge in [0.2, 0.25) is 5.91 Å². The number of benzene rings is 5. The van der Waals surface area contributed by atoms with E-state index in [1.165, 1.54) is 29.2 Å². The number of anilines is 1. The van der Waals surface area contributed by atoms with Crippen LogP contribution >= 0.6 is 0 Å². The molecule has 0 radical (unpaired) electrons. The lowest BCUT2D eigenvalue weighted by molar-refractivity contribution is -0.134. The molecule has 0 aliphatic carbocycles. The van der Waals surface area contributed by atoms with Gasteiger partial charge in [0.25, 0.3) is 0 Å². The number of esters is 1. The third-order valence-electron chi connectivity index (χ3n) is 9.89. The van der Waals surface area contributed by atoms with Crippen molar-refractivity contribution >= 4 is 38.3 Å². The minimum absolute atomic E-state index is 0.0194. The van der Waals surface area contributed by atoms with E-state index < -0.39 is 62.3 Å². The van der Waals surface area contributed by atoms with Crippen molar-refractivity contribution in [2.45, 2.75) is 58.5 Å². The van der Waals surface area contributed by atoms with E-state index in [-0.39, 0.29) is 24.6 Å². The molecule has 1 aliphatic rings. The van der Waals surface area contributed by atoms with Crippen LogP contribution in [0, 0.1) is 23.0 Å². The molecule has 1 unspecified atom stereocenters. The molecule has 0 aromatic heterocycles. The second kappa shape index (κ2) is 18.6. The molecule has 0 bridgehead atoms. The molecule has 1 saturated heterocycles. The Morgan fingerprint density at radius 3 is 2.00 bits per heavy atom. The highest BCUT2D eigenvalue weighted by molar-refractivity contribution is 6.48. The molecule has 6 rings (SSSR count). The fourth-order valence-corrected chi connectivity index (χ4v) is 8.16. The third kappa shape index (κ3) is 10.3. The Labute approximate surface area is 340 Å². The summed E-state index contributed by atoms with van der Waals surface area (Å²) < 4.78 is 46.4. The van der Waals surface area contributed by atoms with Gasteiger partial charge in [-0.2, -0.15) is 0 Å². The van der Waals surface area contributed by atoms with Gasteiger partial charge in [-0.15, -0.1) is 0 Å². The lowest BCUT2D eigenvalue weighted by atomic mass is 9.80. The summed E-state index contributed by atoms with van der Waals surface area (Å²) in [7, 11) is -1.64. The number of carbonyl (C=O) groups excluding carboxylic acids is 3. The van der Waals surface area contributed by atoms with Crippen LogP contribution in [0.25, 0.3) is 5.57 Å². The predicted molar refractivity (Wildman–Crippen MR) is 224 cm³/mol. The van der Waals surface area contributed by atoms with Crippen molar-refractivity contribution in [3.63, 3.8) is 0 Å². The highest BCUT2D eigenvalue weighted by Gasteiger charge is 2.44. The Morgan fingerprint density at radius 1 is 0.828 bits per heavy atom. The number of allylic oxidation sites excluding steroid dienone is 1. The molecule has 1 fully saturated rings. The number of imide groups is 1. The summed E-state index contributed by atoms with van der Waals surface area (Å²) in [6.45, 7) is 10.4. The molecule has 300 valence electrons. The second-order valence-electron chi connectivity index (χ2n) is 15.6. The normalized spacial score (nSPS) is 16.1. The summed E-state index contributed by atoms with van der Waals surface area (Å²) in [5, 5.41) is 3.47. The van der Waals surface area contributed by atoms with Crippen LogP contribution < -0.4 is 10.1 Å². The molecule has 4 atom stereocenters. The highest BCUT2D eigenvalue weighted by Crippen LogP contribution is 2.40. The number of nitrogens with one attached hydrogen (secondary N) is 1. The number of carbonyl (C=O) groups is 3. The molecule has 5 aromatic rings. The van der Waals surface area contributed by atoms with Crippen molar-refractivity contribution in [1.29, 1.82) is 0 Å².